The Morgan fingerprint density at radius 2 is 1.94 bits per heavy atom. The normalized spacial score (nSPS) is 32.5. The lowest BCUT2D eigenvalue weighted by Gasteiger charge is -2.48. The first kappa shape index (κ1) is 12.9. The van der Waals surface area contributed by atoms with E-state index in [-0.39, 0.29) is 0 Å². The van der Waals surface area contributed by atoms with Gasteiger partial charge in [-0.15, -0.1) is 0 Å². The summed E-state index contributed by atoms with van der Waals surface area (Å²) in [6.45, 7) is 8.69. The van der Waals surface area contributed by atoms with E-state index < -0.39 is 0 Å². The molecule has 3 aliphatic rings. The van der Waals surface area contributed by atoms with E-state index >= 15 is 0 Å². The van der Waals surface area contributed by atoms with Gasteiger partial charge in [-0.1, -0.05) is 39.5 Å². The Hall–Kier alpha value is -0.0800. The maximum Gasteiger partial charge on any atom is 0.0309 e. The average Bonchev–Trinajstić information content (AvgIpc) is 3.08. The minimum absolute atomic E-state index is 0.495. The van der Waals surface area contributed by atoms with Crippen molar-refractivity contribution in [3.63, 3.8) is 0 Å². The van der Waals surface area contributed by atoms with Crippen LogP contribution in [0.4, 0.5) is 0 Å². The van der Waals surface area contributed by atoms with Crippen molar-refractivity contribution in [2.75, 3.05) is 19.6 Å². The van der Waals surface area contributed by atoms with Crippen molar-refractivity contribution in [2.45, 2.75) is 70.4 Å². The Morgan fingerprint density at radius 1 is 1.22 bits per heavy atom. The van der Waals surface area contributed by atoms with E-state index in [0.29, 0.717) is 5.54 Å². The van der Waals surface area contributed by atoms with Crippen molar-refractivity contribution in [3.8, 4) is 0 Å². The molecule has 2 aliphatic carbocycles. The highest BCUT2D eigenvalue weighted by Gasteiger charge is 2.41. The molecule has 1 spiro atoms. The van der Waals surface area contributed by atoms with Gasteiger partial charge in [-0.3, -0.25) is 4.90 Å². The van der Waals surface area contributed by atoms with Crippen LogP contribution in [-0.2, 0) is 0 Å². The third-order valence-electron chi connectivity index (χ3n) is 5.51. The fourth-order valence-electron chi connectivity index (χ4n) is 4.06. The summed E-state index contributed by atoms with van der Waals surface area (Å²) in [7, 11) is 0. The van der Waals surface area contributed by atoms with E-state index in [0.717, 1.165) is 17.9 Å². The summed E-state index contributed by atoms with van der Waals surface area (Å²) in [5.41, 5.74) is 0.495. The highest BCUT2D eigenvalue weighted by atomic mass is 15.3. The van der Waals surface area contributed by atoms with Gasteiger partial charge in [0.2, 0.25) is 0 Å². The number of piperazine rings is 1. The second-order valence-corrected chi connectivity index (χ2v) is 7.38. The summed E-state index contributed by atoms with van der Waals surface area (Å²) in [6, 6.07) is 0.773. The maximum atomic E-state index is 3.92. The van der Waals surface area contributed by atoms with Crippen LogP contribution >= 0.6 is 0 Å². The molecule has 0 aromatic rings. The molecular weight excluding hydrogens is 220 g/mol. The molecule has 104 valence electrons. The van der Waals surface area contributed by atoms with E-state index in [1.807, 2.05) is 0 Å². The van der Waals surface area contributed by atoms with Crippen molar-refractivity contribution in [1.82, 2.24) is 10.2 Å². The maximum absolute atomic E-state index is 3.92. The molecule has 1 N–H and O–H groups in total. The van der Waals surface area contributed by atoms with Crippen LogP contribution in [0.2, 0.25) is 0 Å². The fraction of sp³-hybridized carbons (Fsp3) is 1.00. The Kier molecular flexibility index (Phi) is 3.68. The summed E-state index contributed by atoms with van der Waals surface area (Å²) < 4.78 is 0. The molecule has 3 fully saturated rings. The first-order valence-corrected chi connectivity index (χ1v) is 8.18. The molecule has 1 aliphatic heterocycles. The number of hydrogen-bond acceptors (Lipinski definition) is 2. The minimum atomic E-state index is 0.495. The lowest BCUT2D eigenvalue weighted by Crippen LogP contribution is -2.64. The van der Waals surface area contributed by atoms with Crippen molar-refractivity contribution in [1.29, 1.82) is 0 Å². The van der Waals surface area contributed by atoms with Crippen LogP contribution < -0.4 is 5.32 Å². The number of hydrogen-bond donors (Lipinski definition) is 1. The quantitative estimate of drug-likeness (QED) is 0.825. The zero-order valence-corrected chi connectivity index (χ0v) is 12.3. The second-order valence-electron chi connectivity index (χ2n) is 7.38. The van der Waals surface area contributed by atoms with Crippen LogP contribution in [0.5, 0.6) is 0 Å². The van der Waals surface area contributed by atoms with Gasteiger partial charge in [0.05, 0.1) is 0 Å². The SMILES string of the molecule is CC(C)C1CNC2(CCCC2)CN1CCC1CC1. The van der Waals surface area contributed by atoms with E-state index in [4.69, 9.17) is 0 Å². The first-order chi connectivity index (χ1) is 8.69. The molecule has 18 heavy (non-hydrogen) atoms. The Labute approximate surface area is 113 Å². The third kappa shape index (κ3) is 2.75. The van der Waals surface area contributed by atoms with E-state index in [2.05, 4.69) is 24.1 Å². The highest BCUT2D eigenvalue weighted by molar-refractivity contribution is 5.01. The fourth-order valence-corrected chi connectivity index (χ4v) is 4.06. The van der Waals surface area contributed by atoms with Gasteiger partial charge in [0, 0.05) is 24.7 Å². The first-order valence-electron chi connectivity index (χ1n) is 8.18. The van der Waals surface area contributed by atoms with Gasteiger partial charge >= 0.3 is 0 Å². The van der Waals surface area contributed by atoms with Crippen LogP contribution in [0, 0.1) is 11.8 Å². The van der Waals surface area contributed by atoms with Crippen LogP contribution in [0.1, 0.15) is 58.8 Å². The van der Waals surface area contributed by atoms with Crippen molar-refractivity contribution in [2.24, 2.45) is 11.8 Å². The zero-order valence-electron chi connectivity index (χ0n) is 12.3. The lowest BCUT2D eigenvalue weighted by molar-refractivity contribution is 0.0549. The molecule has 1 atom stereocenters. The zero-order chi connectivity index (χ0) is 12.6. The van der Waals surface area contributed by atoms with Crippen LogP contribution in [-0.4, -0.2) is 36.1 Å². The summed E-state index contributed by atoms with van der Waals surface area (Å²) in [4.78, 5) is 2.84. The Bertz CT molecular complexity index is 277. The number of nitrogens with one attached hydrogen (secondary N) is 1. The topological polar surface area (TPSA) is 15.3 Å². The molecule has 2 saturated carbocycles. The van der Waals surface area contributed by atoms with Gasteiger partial charge in [-0.05, 0) is 37.6 Å². The van der Waals surface area contributed by atoms with Gasteiger partial charge in [0.15, 0.2) is 0 Å². The standard InChI is InChI=1S/C16H30N2/c1-13(2)15-11-17-16(8-3-4-9-16)12-18(15)10-7-14-5-6-14/h13-15,17H,3-12H2,1-2H3. The van der Waals surface area contributed by atoms with E-state index in [1.165, 1.54) is 64.6 Å². The molecule has 1 heterocycles. The highest BCUT2D eigenvalue weighted by Crippen LogP contribution is 2.36. The molecular formula is C16H30N2. The summed E-state index contributed by atoms with van der Waals surface area (Å²) in [5, 5.41) is 3.92. The van der Waals surface area contributed by atoms with Crippen molar-refractivity contribution in [3.05, 3.63) is 0 Å². The van der Waals surface area contributed by atoms with Gasteiger partial charge in [-0.25, -0.2) is 0 Å². The lowest BCUT2D eigenvalue weighted by atomic mass is 9.89. The molecule has 1 unspecified atom stereocenters. The van der Waals surface area contributed by atoms with Gasteiger partial charge in [0.1, 0.15) is 0 Å². The predicted octanol–water partition coefficient (Wildman–Crippen LogP) is 3.03. The van der Waals surface area contributed by atoms with Crippen LogP contribution in [0.3, 0.4) is 0 Å². The number of rotatable bonds is 4. The van der Waals surface area contributed by atoms with Crippen LogP contribution in [0.25, 0.3) is 0 Å². The largest absolute Gasteiger partial charge is 0.308 e. The molecule has 2 nitrogen and oxygen atoms in total. The monoisotopic (exact) mass is 250 g/mol. The third-order valence-corrected chi connectivity index (χ3v) is 5.51. The Morgan fingerprint density at radius 3 is 2.56 bits per heavy atom. The van der Waals surface area contributed by atoms with Gasteiger partial charge < -0.3 is 5.32 Å². The van der Waals surface area contributed by atoms with E-state index in [1.54, 1.807) is 0 Å². The van der Waals surface area contributed by atoms with Gasteiger partial charge in [0.25, 0.3) is 0 Å². The molecule has 1 saturated heterocycles. The molecule has 3 rings (SSSR count). The van der Waals surface area contributed by atoms with E-state index in [9.17, 15) is 0 Å². The molecule has 0 aromatic heterocycles. The molecule has 0 amide bonds. The smallest absolute Gasteiger partial charge is 0.0309 e. The molecule has 0 radical (unpaired) electrons. The minimum Gasteiger partial charge on any atom is -0.308 e. The van der Waals surface area contributed by atoms with Crippen molar-refractivity contribution >= 4 is 0 Å². The van der Waals surface area contributed by atoms with Crippen LogP contribution in [0.15, 0.2) is 0 Å². The predicted molar refractivity (Wildman–Crippen MR) is 76.7 cm³/mol. The molecule has 2 heteroatoms. The molecule has 0 aromatic carbocycles. The second kappa shape index (κ2) is 5.13. The van der Waals surface area contributed by atoms with Crippen molar-refractivity contribution < 1.29 is 0 Å². The average molecular weight is 250 g/mol. The Balaban J connectivity index is 1.62. The summed E-state index contributed by atoms with van der Waals surface area (Å²) in [5.74, 6) is 1.86. The molecule has 0 bridgehead atoms. The number of nitrogens with zero attached hydrogens (tertiary/aromatic N) is 1. The summed E-state index contributed by atoms with van der Waals surface area (Å²) in [6.07, 6.45) is 10.2. The summed E-state index contributed by atoms with van der Waals surface area (Å²) >= 11 is 0. The van der Waals surface area contributed by atoms with Gasteiger partial charge in [-0.2, -0.15) is 0 Å².